The van der Waals surface area contributed by atoms with Gasteiger partial charge >= 0.3 is 5.97 Å². The van der Waals surface area contributed by atoms with E-state index in [0.717, 1.165) is 17.5 Å². The van der Waals surface area contributed by atoms with E-state index in [-0.39, 0.29) is 29.2 Å². The first-order valence-corrected chi connectivity index (χ1v) is 11.3. The van der Waals surface area contributed by atoms with Crippen LogP contribution in [0.2, 0.25) is 0 Å². The van der Waals surface area contributed by atoms with Crippen LogP contribution in [0.1, 0.15) is 47.7 Å². The second-order valence-corrected chi connectivity index (χ2v) is 9.07. The minimum atomic E-state index is -0.696. The van der Waals surface area contributed by atoms with Crippen molar-refractivity contribution in [2.45, 2.75) is 40.0 Å². The Kier molecular flexibility index (Phi) is 6.31. The molecule has 0 aromatic heterocycles. The lowest BCUT2D eigenvalue weighted by Gasteiger charge is -2.25. The second kappa shape index (κ2) is 9.17. The smallest absolute Gasteiger partial charge is 0.338 e. The molecule has 1 saturated carbocycles. The van der Waals surface area contributed by atoms with Gasteiger partial charge in [-0.25, -0.2) is 4.79 Å². The van der Waals surface area contributed by atoms with E-state index in [2.05, 4.69) is 12.2 Å². The van der Waals surface area contributed by atoms with Gasteiger partial charge in [0.15, 0.2) is 6.61 Å². The van der Waals surface area contributed by atoms with E-state index in [1.54, 1.807) is 18.2 Å². The van der Waals surface area contributed by atoms with Crippen molar-refractivity contribution in [2.75, 3.05) is 16.8 Å². The zero-order chi connectivity index (χ0) is 23.7. The number of rotatable bonds is 5. The summed E-state index contributed by atoms with van der Waals surface area (Å²) in [6.07, 6.45) is 2.36. The van der Waals surface area contributed by atoms with Crippen molar-refractivity contribution < 1.29 is 23.9 Å². The Bertz CT molecular complexity index is 1130. The SMILES string of the molecule is Cc1cccc(NC(=O)COC(=O)c2cccc(N3C(=O)[C@H]4C[C@H](C)CC[C@H]4C3=O)c2)c1C. The molecule has 1 heterocycles. The van der Waals surface area contributed by atoms with Crippen LogP contribution in [0.3, 0.4) is 0 Å². The molecular formula is C26H28N2O5. The number of hydrogen-bond donors (Lipinski definition) is 1. The molecule has 1 aliphatic carbocycles. The number of ether oxygens (including phenoxy) is 1. The Morgan fingerprint density at radius 2 is 1.76 bits per heavy atom. The maximum atomic E-state index is 13.0. The number of anilines is 2. The largest absolute Gasteiger partial charge is 0.452 e. The van der Waals surface area contributed by atoms with E-state index in [1.165, 1.54) is 17.0 Å². The van der Waals surface area contributed by atoms with Crippen LogP contribution >= 0.6 is 0 Å². The lowest BCUT2D eigenvalue weighted by molar-refractivity contribution is -0.122. The highest BCUT2D eigenvalue weighted by Crippen LogP contribution is 2.42. The summed E-state index contributed by atoms with van der Waals surface area (Å²) in [5, 5.41) is 2.74. The van der Waals surface area contributed by atoms with Crippen molar-refractivity contribution in [3.05, 3.63) is 59.2 Å². The molecule has 3 amide bonds. The van der Waals surface area contributed by atoms with Crippen LogP contribution < -0.4 is 10.2 Å². The Balaban J connectivity index is 1.42. The number of esters is 1. The van der Waals surface area contributed by atoms with Crippen LogP contribution in [0, 0.1) is 31.6 Å². The summed E-state index contributed by atoms with van der Waals surface area (Å²) < 4.78 is 5.17. The number of benzene rings is 2. The zero-order valence-corrected chi connectivity index (χ0v) is 19.1. The molecule has 172 valence electrons. The molecule has 2 aromatic rings. The summed E-state index contributed by atoms with van der Waals surface area (Å²) in [5.74, 6) is -1.69. The highest BCUT2D eigenvalue weighted by Gasteiger charge is 2.50. The minimum Gasteiger partial charge on any atom is -0.452 e. The molecule has 7 nitrogen and oxygen atoms in total. The van der Waals surface area contributed by atoms with Crippen LogP contribution in [0.5, 0.6) is 0 Å². The van der Waals surface area contributed by atoms with Crippen molar-refractivity contribution >= 4 is 35.1 Å². The number of imide groups is 1. The molecule has 7 heteroatoms. The number of aryl methyl sites for hydroxylation is 1. The van der Waals surface area contributed by atoms with E-state index < -0.39 is 18.5 Å². The number of nitrogens with zero attached hydrogens (tertiary/aromatic N) is 1. The normalized spacial score (nSPS) is 22.2. The van der Waals surface area contributed by atoms with Crippen LogP contribution in [-0.4, -0.2) is 30.3 Å². The molecule has 3 atom stereocenters. The minimum absolute atomic E-state index is 0.177. The van der Waals surface area contributed by atoms with Crippen molar-refractivity contribution in [3.8, 4) is 0 Å². The van der Waals surface area contributed by atoms with Gasteiger partial charge in [-0.15, -0.1) is 0 Å². The van der Waals surface area contributed by atoms with Gasteiger partial charge in [0.2, 0.25) is 11.8 Å². The first kappa shape index (κ1) is 22.7. The molecule has 0 unspecified atom stereocenters. The van der Waals surface area contributed by atoms with E-state index in [0.29, 0.717) is 30.1 Å². The summed E-state index contributed by atoms with van der Waals surface area (Å²) >= 11 is 0. The van der Waals surface area contributed by atoms with Gasteiger partial charge in [-0.3, -0.25) is 19.3 Å². The number of carbonyl (C=O) groups is 4. The van der Waals surface area contributed by atoms with Crippen molar-refractivity contribution in [3.63, 3.8) is 0 Å². The van der Waals surface area contributed by atoms with Gasteiger partial charge in [0.25, 0.3) is 5.91 Å². The van der Waals surface area contributed by atoms with E-state index >= 15 is 0 Å². The number of fused-ring (bicyclic) bond motifs is 1. The summed E-state index contributed by atoms with van der Waals surface area (Å²) in [5.41, 5.74) is 3.19. The molecular weight excluding hydrogens is 420 g/mol. The topological polar surface area (TPSA) is 92.8 Å². The third-order valence-corrected chi connectivity index (χ3v) is 6.74. The van der Waals surface area contributed by atoms with Crippen molar-refractivity contribution in [1.82, 2.24) is 0 Å². The highest BCUT2D eigenvalue weighted by molar-refractivity contribution is 6.22. The predicted octanol–water partition coefficient (Wildman–Crippen LogP) is 4.02. The number of amides is 3. The average Bonchev–Trinajstić information content (AvgIpc) is 3.04. The average molecular weight is 449 g/mol. The summed E-state index contributed by atoms with van der Waals surface area (Å²) in [7, 11) is 0. The molecule has 4 rings (SSSR count). The Morgan fingerprint density at radius 3 is 2.55 bits per heavy atom. The fourth-order valence-corrected chi connectivity index (χ4v) is 4.70. The van der Waals surface area contributed by atoms with Crippen molar-refractivity contribution in [2.24, 2.45) is 17.8 Å². The number of nitrogens with one attached hydrogen (secondary N) is 1. The van der Waals surface area contributed by atoms with Gasteiger partial charge in [0, 0.05) is 5.69 Å². The van der Waals surface area contributed by atoms with Crippen LogP contribution in [0.15, 0.2) is 42.5 Å². The lowest BCUT2D eigenvalue weighted by Crippen LogP contribution is -2.31. The maximum Gasteiger partial charge on any atom is 0.338 e. The first-order valence-electron chi connectivity index (χ1n) is 11.3. The monoisotopic (exact) mass is 448 g/mol. The lowest BCUT2D eigenvalue weighted by atomic mass is 9.76. The van der Waals surface area contributed by atoms with Gasteiger partial charge in [0.1, 0.15) is 0 Å². The van der Waals surface area contributed by atoms with Gasteiger partial charge in [-0.2, -0.15) is 0 Å². The Hall–Kier alpha value is -3.48. The third-order valence-electron chi connectivity index (χ3n) is 6.74. The number of hydrogen-bond acceptors (Lipinski definition) is 5. The third kappa shape index (κ3) is 4.53. The van der Waals surface area contributed by atoms with Gasteiger partial charge < -0.3 is 10.1 Å². The highest BCUT2D eigenvalue weighted by atomic mass is 16.5. The summed E-state index contributed by atoms with van der Waals surface area (Å²) in [6, 6.07) is 11.8. The molecule has 1 saturated heterocycles. The molecule has 2 aliphatic rings. The van der Waals surface area contributed by atoms with Crippen molar-refractivity contribution in [1.29, 1.82) is 0 Å². The standard InChI is InChI=1S/C26H28N2O5/c1-15-10-11-20-21(12-15)25(31)28(24(20)30)19-8-5-7-18(13-19)26(32)33-14-23(29)27-22-9-4-6-16(2)17(22)3/h4-9,13,15,20-21H,10-12,14H2,1-3H3,(H,27,29)/t15-,20-,21+/m1/s1. The van der Waals surface area contributed by atoms with E-state index in [4.69, 9.17) is 4.74 Å². The Labute approximate surface area is 193 Å². The zero-order valence-electron chi connectivity index (χ0n) is 19.1. The van der Waals surface area contributed by atoms with E-state index in [9.17, 15) is 19.2 Å². The van der Waals surface area contributed by atoms with Gasteiger partial charge in [0.05, 0.1) is 23.1 Å². The second-order valence-electron chi connectivity index (χ2n) is 9.07. The maximum absolute atomic E-state index is 13.0. The molecule has 0 bridgehead atoms. The molecule has 0 radical (unpaired) electrons. The molecule has 1 aliphatic heterocycles. The fraction of sp³-hybridized carbons (Fsp3) is 0.385. The molecule has 2 fully saturated rings. The van der Waals surface area contributed by atoms with E-state index in [1.807, 2.05) is 26.0 Å². The predicted molar refractivity (Wildman–Crippen MR) is 124 cm³/mol. The fourth-order valence-electron chi connectivity index (χ4n) is 4.70. The quantitative estimate of drug-likeness (QED) is 0.551. The first-order chi connectivity index (χ1) is 15.8. The molecule has 33 heavy (non-hydrogen) atoms. The van der Waals surface area contributed by atoms with Gasteiger partial charge in [-0.1, -0.05) is 25.1 Å². The van der Waals surface area contributed by atoms with Crippen LogP contribution in [0.4, 0.5) is 11.4 Å². The van der Waals surface area contributed by atoms with Crippen LogP contribution in [0.25, 0.3) is 0 Å². The molecule has 0 spiro atoms. The Morgan fingerprint density at radius 1 is 1.03 bits per heavy atom. The summed E-state index contributed by atoms with van der Waals surface area (Å²) in [6.45, 7) is 5.51. The van der Waals surface area contributed by atoms with Gasteiger partial charge in [-0.05, 0) is 74.4 Å². The van der Waals surface area contributed by atoms with Crippen LogP contribution in [-0.2, 0) is 19.1 Å². The number of carbonyl (C=O) groups excluding carboxylic acids is 4. The molecule has 1 N–H and O–H groups in total. The molecule has 2 aromatic carbocycles. The summed E-state index contributed by atoms with van der Waals surface area (Å²) in [4.78, 5) is 51.9.